The molecule has 0 unspecified atom stereocenters. The Balaban J connectivity index is 1.40. The van der Waals surface area contributed by atoms with Crippen LogP contribution < -0.4 is 4.90 Å². The molecule has 4 rings (SSSR count). The number of nitrogens with zero attached hydrogens (tertiary/aromatic N) is 5. The number of hydrogen-bond donors (Lipinski definition) is 0. The third-order valence-electron chi connectivity index (χ3n) is 5.02. The molecule has 0 spiro atoms. The number of aromatic nitrogens is 3. The number of ether oxygens (including phenoxy) is 1. The molecule has 0 atom stereocenters. The minimum atomic E-state index is 0.814. The zero-order chi connectivity index (χ0) is 15.6. The van der Waals surface area contributed by atoms with E-state index in [1.807, 2.05) is 23.8 Å². The summed E-state index contributed by atoms with van der Waals surface area (Å²) in [5.41, 5.74) is 2.15. The lowest BCUT2D eigenvalue weighted by Crippen LogP contribution is -2.48. The van der Waals surface area contributed by atoms with Crippen molar-refractivity contribution in [2.45, 2.75) is 19.8 Å². The summed E-state index contributed by atoms with van der Waals surface area (Å²) in [6.45, 7) is 9.46. The molecule has 2 aliphatic rings. The van der Waals surface area contributed by atoms with Crippen LogP contribution >= 0.6 is 0 Å². The zero-order valence-corrected chi connectivity index (χ0v) is 13.8. The van der Waals surface area contributed by atoms with E-state index in [2.05, 4.69) is 25.9 Å². The van der Waals surface area contributed by atoms with Crippen LogP contribution in [0.15, 0.2) is 18.5 Å². The number of hydrogen-bond acceptors (Lipinski definition) is 5. The van der Waals surface area contributed by atoms with Gasteiger partial charge in [0.2, 0.25) is 0 Å². The smallest absolute Gasteiger partial charge is 0.154 e. The van der Waals surface area contributed by atoms with Gasteiger partial charge in [-0.15, -0.1) is 0 Å². The molecule has 6 nitrogen and oxygen atoms in total. The summed E-state index contributed by atoms with van der Waals surface area (Å²) >= 11 is 0. The minimum Gasteiger partial charge on any atom is -0.381 e. The molecule has 0 amide bonds. The van der Waals surface area contributed by atoms with Crippen LogP contribution in [-0.4, -0.2) is 65.4 Å². The Morgan fingerprint density at radius 3 is 2.74 bits per heavy atom. The predicted molar refractivity (Wildman–Crippen MR) is 89.9 cm³/mol. The molecule has 2 aromatic rings. The topological polar surface area (TPSA) is 45.9 Å². The van der Waals surface area contributed by atoms with E-state index < -0.39 is 0 Å². The van der Waals surface area contributed by atoms with Gasteiger partial charge in [0.15, 0.2) is 5.82 Å². The average molecular weight is 315 g/mol. The Labute approximate surface area is 137 Å². The normalized spacial score (nSPS) is 21.2. The third kappa shape index (κ3) is 3.19. The molecular weight excluding hydrogens is 290 g/mol. The molecular formula is C17H25N5O. The van der Waals surface area contributed by atoms with Crippen LogP contribution in [0.5, 0.6) is 0 Å². The minimum absolute atomic E-state index is 0.814. The monoisotopic (exact) mass is 315 g/mol. The summed E-state index contributed by atoms with van der Waals surface area (Å²) in [6.07, 6.45) is 6.21. The molecule has 124 valence electrons. The van der Waals surface area contributed by atoms with Crippen molar-refractivity contribution < 1.29 is 4.74 Å². The SMILES string of the molecule is Cc1cc2c(N3CCN(CC4CCOCC4)CC3)nccn2n1. The average Bonchev–Trinajstić information content (AvgIpc) is 2.97. The van der Waals surface area contributed by atoms with E-state index in [1.54, 1.807) is 0 Å². The summed E-state index contributed by atoms with van der Waals surface area (Å²) in [4.78, 5) is 9.62. The molecule has 2 aliphatic heterocycles. The quantitative estimate of drug-likeness (QED) is 0.861. The lowest BCUT2D eigenvalue weighted by atomic mass is 9.99. The zero-order valence-electron chi connectivity index (χ0n) is 13.8. The van der Waals surface area contributed by atoms with E-state index in [0.717, 1.165) is 62.3 Å². The highest BCUT2D eigenvalue weighted by Gasteiger charge is 2.23. The Morgan fingerprint density at radius 1 is 1.17 bits per heavy atom. The molecule has 0 aromatic carbocycles. The number of piperazine rings is 1. The van der Waals surface area contributed by atoms with Crippen LogP contribution in [0.3, 0.4) is 0 Å². The molecule has 0 N–H and O–H groups in total. The van der Waals surface area contributed by atoms with E-state index >= 15 is 0 Å². The van der Waals surface area contributed by atoms with Crippen LogP contribution in [0.2, 0.25) is 0 Å². The summed E-state index contributed by atoms with van der Waals surface area (Å²) in [5.74, 6) is 1.88. The van der Waals surface area contributed by atoms with Gasteiger partial charge in [0.1, 0.15) is 5.52 Å². The van der Waals surface area contributed by atoms with Crippen molar-refractivity contribution in [1.82, 2.24) is 19.5 Å². The third-order valence-corrected chi connectivity index (χ3v) is 5.02. The first-order valence-corrected chi connectivity index (χ1v) is 8.65. The van der Waals surface area contributed by atoms with Gasteiger partial charge in [-0.1, -0.05) is 0 Å². The standard InChI is InChI=1S/C17H25N5O/c1-14-12-16-17(18-4-5-22(16)19-14)21-8-6-20(7-9-21)13-15-2-10-23-11-3-15/h4-5,12,15H,2-3,6-11,13H2,1H3. The van der Waals surface area contributed by atoms with Gasteiger partial charge < -0.3 is 9.64 Å². The molecule has 0 bridgehead atoms. The molecule has 23 heavy (non-hydrogen) atoms. The molecule has 2 fully saturated rings. The van der Waals surface area contributed by atoms with E-state index in [-0.39, 0.29) is 0 Å². The molecule has 6 heteroatoms. The van der Waals surface area contributed by atoms with E-state index in [1.165, 1.54) is 19.4 Å². The van der Waals surface area contributed by atoms with Crippen LogP contribution in [0.25, 0.3) is 5.52 Å². The highest BCUT2D eigenvalue weighted by atomic mass is 16.5. The van der Waals surface area contributed by atoms with Crippen LogP contribution in [-0.2, 0) is 4.74 Å². The van der Waals surface area contributed by atoms with Gasteiger partial charge in [-0.3, -0.25) is 4.90 Å². The van der Waals surface area contributed by atoms with Crippen molar-refractivity contribution >= 4 is 11.3 Å². The van der Waals surface area contributed by atoms with Gasteiger partial charge in [-0.25, -0.2) is 9.50 Å². The summed E-state index contributed by atoms with van der Waals surface area (Å²) in [5, 5.41) is 4.49. The van der Waals surface area contributed by atoms with E-state index in [0.29, 0.717) is 0 Å². The van der Waals surface area contributed by atoms with Crippen LogP contribution in [0.1, 0.15) is 18.5 Å². The van der Waals surface area contributed by atoms with Crippen LogP contribution in [0.4, 0.5) is 5.82 Å². The summed E-state index contributed by atoms with van der Waals surface area (Å²) < 4.78 is 7.40. The maximum absolute atomic E-state index is 5.46. The molecule has 2 saturated heterocycles. The lowest BCUT2D eigenvalue weighted by molar-refractivity contribution is 0.0517. The van der Waals surface area contributed by atoms with Crippen molar-refractivity contribution in [2.75, 3.05) is 50.8 Å². The number of aryl methyl sites for hydroxylation is 1. The van der Waals surface area contributed by atoms with Gasteiger partial charge in [-0.2, -0.15) is 5.10 Å². The fourth-order valence-electron chi connectivity index (χ4n) is 3.71. The Bertz CT molecular complexity index is 656. The maximum atomic E-state index is 5.46. The second-order valence-corrected chi connectivity index (χ2v) is 6.71. The highest BCUT2D eigenvalue weighted by Crippen LogP contribution is 2.22. The Kier molecular flexibility index (Phi) is 4.18. The predicted octanol–water partition coefficient (Wildman–Crippen LogP) is 1.59. The molecule has 0 saturated carbocycles. The second kappa shape index (κ2) is 6.45. The fraction of sp³-hybridized carbons (Fsp3) is 0.647. The van der Waals surface area contributed by atoms with Gasteiger partial charge in [0.25, 0.3) is 0 Å². The molecule has 0 aliphatic carbocycles. The fourth-order valence-corrected chi connectivity index (χ4v) is 3.71. The van der Waals surface area contributed by atoms with Crippen molar-refractivity contribution in [3.05, 3.63) is 24.2 Å². The van der Waals surface area contributed by atoms with Crippen LogP contribution in [0, 0.1) is 12.8 Å². The van der Waals surface area contributed by atoms with Crippen molar-refractivity contribution in [2.24, 2.45) is 5.92 Å². The van der Waals surface area contributed by atoms with Gasteiger partial charge >= 0.3 is 0 Å². The lowest BCUT2D eigenvalue weighted by Gasteiger charge is -2.37. The maximum Gasteiger partial charge on any atom is 0.154 e. The summed E-state index contributed by atoms with van der Waals surface area (Å²) in [7, 11) is 0. The van der Waals surface area contributed by atoms with Gasteiger partial charge in [0, 0.05) is 58.3 Å². The van der Waals surface area contributed by atoms with Crippen molar-refractivity contribution in [1.29, 1.82) is 0 Å². The first kappa shape index (κ1) is 14.9. The number of rotatable bonds is 3. The Hall–Kier alpha value is -1.66. The molecule has 2 aromatic heterocycles. The largest absolute Gasteiger partial charge is 0.381 e. The second-order valence-electron chi connectivity index (χ2n) is 6.71. The van der Waals surface area contributed by atoms with Crippen molar-refractivity contribution in [3.8, 4) is 0 Å². The van der Waals surface area contributed by atoms with Crippen molar-refractivity contribution in [3.63, 3.8) is 0 Å². The number of anilines is 1. The van der Waals surface area contributed by atoms with Gasteiger partial charge in [-0.05, 0) is 31.7 Å². The summed E-state index contributed by atoms with van der Waals surface area (Å²) in [6, 6.07) is 2.12. The Morgan fingerprint density at radius 2 is 1.96 bits per heavy atom. The first-order chi connectivity index (χ1) is 11.3. The van der Waals surface area contributed by atoms with E-state index in [4.69, 9.17) is 4.74 Å². The molecule has 0 radical (unpaired) electrons. The molecule has 4 heterocycles. The first-order valence-electron chi connectivity index (χ1n) is 8.65. The van der Waals surface area contributed by atoms with Gasteiger partial charge in [0.05, 0.1) is 5.69 Å². The number of fused-ring (bicyclic) bond motifs is 1. The highest BCUT2D eigenvalue weighted by molar-refractivity contribution is 5.69. The van der Waals surface area contributed by atoms with E-state index in [9.17, 15) is 0 Å².